The summed E-state index contributed by atoms with van der Waals surface area (Å²) in [4.78, 5) is 26.4. The lowest BCUT2D eigenvalue weighted by Crippen LogP contribution is -2.54. The summed E-state index contributed by atoms with van der Waals surface area (Å²) in [5.41, 5.74) is 2.51. The Labute approximate surface area is 156 Å². The first-order valence-electron chi connectivity index (χ1n) is 8.96. The molecule has 7 nitrogen and oxygen atoms in total. The van der Waals surface area contributed by atoms with E-state index >= 15 is 0 Å². The number of nitrogens with one attached hydrogen (secondary N) is 2. The second kappa shape index (κ2) is 8.20. The van der Waals surface area contributed by atoms with Crippen LogP contribution in [-0.4, -0.2) is 41.6 Å². The SMILES string of the molecule is Cc1noc(C)c1CCCNC(=O)N1CCNC(=O)[C@H]1c1ccc(F)cc1. The molecule has 1 aromatic carbocycles. The lowest BCUT2D eigenvalue weighted by atomic mass is 10.0. The van der Waals surface area contributed by atoms with Crippen LogP contribution in [0.4, 0.5) is 9.18 Å². The van der Waals surface area contributed by atoms with E-state index in [1.54, 1.807) is 0 Å². The van der Waals surface area contributed by atoms with Crippen molar-refractivity contribution < 1.29 is 18.5 Å². The number of hydrogen-bond donors (Lipinski definition) is 2. The normalized spacial score (nSPS) is 16.9. The summed E-state index contributed by atoms with van der Waals surface area (Å²) in [5, 5.41) is 9.54. The van der Waals surface area contributed by atoms with Crippen LogP contribution in [0.15, 0.2) is 28.8 Å². The molecule has 1 fully saturated rings. The van der Waals surface area contributed by atoms with Crippen molar-refractivity contribution in [2.45, 2.75) is 32.7 Å². The van der Waals surface area contributed by atoms with Crippen LogP contribution < -0.4 is 10.6 Å². The Bertz CT molecular complexity index is 799. The van der Waals surface area contributed by atoms with Gasteiger partial charge in [0.15, 0.2) is 0 Å². The summed E-state index contributed by atoms with van der Waals surface area (Å²) in [6.07, 6.45) is 1.49. The number of benzene rings is 1. The lowest BCUT2D eigenvalue weighted by Gasteiger charge is -2.35. The number of aromatic nitrogens is 1. The number of hydrogen-bond acceptors (Lipinski definition) is 4. The molecule has 3 rings (SSSR count). The standard InChI is InChI=1S/C19H23FN4O3/c1-12-16(13(2)27-23-12)4-3-9-22-19(26)24-11-10-21-18(25)17(24)14-5-7-15(20)8-6-14/h5-8,17H,3-4,9-11H2,1-2H3,(H,21,25)(H,22,26)/t17-/m1/s1. The van der Waals surface area contributed by atoms with Gasteiger partial charge in [0.25, 0.3) is 0 Å². The van der Waals surface area contributed by atoms with Crippen LogP contribution in [0.5, 0.6) is 0 Å². The molecule has 144 valence electrons. The number of nitrogens with zero attached hydrogens (tertiary/aromatic N) is 2. The molecule has 2 heterocycles. The Morgan fingerprint density at radius 1 is 1.37 bits per heavy atom. The minimum Gasteiger partial charge on any atom is -0.361 e. The zero-order valence-electron chi connectivity index (χ0n) is 15.4. The average Bonchev–Trinajstić information content (AvgIpc) is 2.97. The molecule has 27 heavy (non-hydrogen) atoms. The van der Waals surface area contributed by atoms with Gasteiger partial charge in [-0.25, -0.2) is 9.18 Å². The highest BCUT2D eigenvalue weighted by molar-refractivity contribution is 5.89. The summed E-state index contributed by atoms with van der Waals surface area (Å²) in [6.45, 7) is 5.02. The fourth-order valence-electron chi connectivity index (χ4n) is 3.28. The van der Waals surface area contributed by atoms with Gasteiger partial charge in [-0.2, -0.15) is 0 Å². The predicted molar refractivity (Wildman–Crippen MR) is 96.6 cm³/mol. The van der Waals surface area contributed by atoms with E-state index in [4.69, 9.17) is 4.52 Å². The summed E-state index contributed by atoms with van der Waals surface area (Å²) >= 11 is 0. The molecule has 1 saturated heterocycles. The summed E-state index contributed by atoms with van der Waals surface area (Å²) in [7, 11) is 0. The molecule has 3 amide bonds. The Balaban J connectivity index is 1.60. The van der Waals surface area contributed by atoms with E-state index in [9.17, 15) is 14.0 Å². The molecule has 0 radical (unpaired) electrons. The number of amides is 3. The predicted octanol–water partition coefficient (Wildman–Crippen LogP) is 2.25. The van der Waals surface area contributed by atoms with Gasteiger partial charge in [-0.15, -0.1) is 0 Å². The van der Waals surface area contributed by atoms with Gasteiger partial charge in [-0.3, -0.25) is 4.79 Å². The third-order valence-electron chi connectivity index (χ3n) is 4.72. The molecule has 0 spiro atoms. The van der Waals surface area contributed by atoms with E-state index in [1.807, 2.05) is 13.8 Å². The quantitative estimate of drug-likeness (QED) is 0.786. The molecule has 8 heteroatoms. The van der Waals surface area contributed by atoms with Gasteiger partial charge in [0.1, 0.15) is 17.6 Å². The number of carbonyl (C=O) groups is 2. The van der Waals surface area contributed by atoms with E-state index in [1.165, 1.54) is 29.2 Å². The van der Waals surface area contributed by atoms with Crippen molar-refractivity contribution in [2.24, 2.45) is 0 Å². The Hall–Kier alpha value is -2.90. The third-order valence-corrected chi connectivity index (χ3v) is 4.72. The molecular weight excluding hydrogens is 351 g/mol. The second-order valence-electron chi connectivity index (χ2n) is 6.58. The largest absolute Gasteiger partial charge is 0.361 e. The molecule has 0 aliphatic carbocycles. The summed E-state index contributed by atoms with van der Waals surface area (Å²) in [5.74, 6) is 0.145. The monoisotopic (exact) mass is 374 g/mol. The van der Waals surface area contributed by atoms with Crippen LogP contribution in [0.25, 0.3) is 0 Å². The maximum absolute atomic E-state index is 13.2. The summed E-state index contributed by atoms with van der Waals surface area (Å²) < 4.78 is 18.3. The van der Waals surface area contributed by atoms with E-state index in [-0.39, 0.29) is 17.8 Å². The minimum absolute atomic E-state index is 0.265. The molecule has 2 N–H and O–H groups in total. The summed E-state index contributed by atoms with van der Waals surface area (Å²) in [6, 6.07) is 4.57. The van der Waals surface area contributed by atoms with Crippen LogP contribution in [0.2, 0.25) is 0 Å². The Kier molecular flexibility index (Phi) is 5.73. The topological polar surface area (TPSA) is 87.5 Å². The van der Waals surface area contributed by atoms with Crippen molar-refractivity contribution in [3.8, 4) is 0 Å². The highest BCUT2D eigenvalue weighted by Crippen LogP contribution is 2.23. The van der Waals surface area contributed by atoms with Crippen LogP contribution in [0.1, 0.15) is 35.0 Å². The Morgan fingerprint density at radius 3 is 2.78 bits per heavy atom. The zero-order chi connectivity index (χ0) is 19.4. The zero-order valence-corrected chi connectivity index (χ0v) is 15.4. The van der Waals surface area contributed by atoms with Crippen molar-refractivity contribution in [1.82, 2.24) is 20.7 Å². The number of carbonyl (C=O) groups excluding carboxylic acids is 2. The van der Waals surface area contributed by atoms with Crippen molar-refractivity contribution in [3.63, 3.8) is 0 Å². The van der Waals surface area contributed by atoms with Crippen LogP contribution in [0.3, 0.4) is 0 Å². The first-order chi connectivity index (χ1) is 13.0. The average molecular weight is 374 g/mol. The molecule has 1 atom stereocenters. The van der Waals surface area contributed by atoms with Gasteiger partial charge in [-0.1, -0.05) is 17.3 Å². The van der Waals surface area contributed by atoms with Gasteiger partial charge < -0.3 is 20.1 Å². The van der Waals surface area contributed by atoms with Crippen molar-refractivity contribution in [2.75, 3.05) is 19.6 Å². The van der Waals surface area contributed by atoms with Gasteiger partial charge in [0, 0.05) is 25.2 Å². The molecule has 0 unspecified atom stereocenters. The van der Waals surface area contributed by atoms with Gasteiger partial charge in [0.05, 0.1) is 5.69 Å². The molecule has 0 saturated carbocycles. The number of piperazine rings is 1. The Morgan fingerprint density at radius 2 is 2.11 bits per heavy atom. The lowest BCUT2D eigenvalue weighted by molar-refractivity contribution is -0.127. The number of halogens is 1. The van der Waals surface area contributed by atoms with E-state index in [0.717, 1.165) is 29.9 Å². The van der Waals surface area contributed by atoms with Gasteiger partial charge in [0.2, 0.25) is 5.91 Å². The molecule has 0 bridgehead atoms. The molecule has 1 aliphatic rings. The smallest absolute Gasteiger partial charge is 0.318 e. The highest BCUT2D eigenvalue weighted by atomic mass is 19.1. The molecular formula is C19H23FN4O3. The van der Waals surface area contributed by atoms with Crippen LogP contribution in [0, 0.1) is 19.7 Å². The fourth-order valence-corrected chi connectivity index (χ4v) is 3.28. The van der Waals surface area contributed by atoms with Crippen molar-refractivity contribution >= 4 is 11.9 Å². The molecule has 2 aromatic rings. The van der Waals surface area contributed by atoms with Crippen molar-refractivity contribution in [3.05, 3.63) is 52.7 Å². The number of aryl methyl sites for hydroxylation is 2. The van der Waals surface area contributed by atoms with E-state index in [2.05, 4.69) is 15.8 Å². The number of urea groups is 1. The van der Waals surface area contributed by atoms with E-state index in [0.29, 0.717) is 25.2 Å². The minimum atomic E-state index is -0.762. The first kappa shape index (κ1) is 18.9. The maximum Gasteiger partial charge on any atom is 0.318 e. The first-order valence-corrected chi connectivity index (χ1v) is 8.96. The molecule has 1 aliphatic heterocycles. The second-order valence-corrected chi connectivity index (χ2v) is 6.58. The number of rotatable bonds is 5. The van der Waals surface area contributed by atoms with Gasteiger partial charge in [-0.05, 0) is 44.4 Å². The molecule has 1 aromatic heterocycles. The van der Waals surface area contributed by atoms with Crippen LogP contribution >= 0.6 is 0 Å². The van der Waals surface area contributed by atoms with Crippen molar-refractivity contribution in [1.29, 1.82) is 0 Å². The van der Waals surface area contributed by atoms with Gasteiger partial charge >= 0.3 is 6.03 Å². The maximum atomic E-state index is 13.2. The fraction of sp³-hybridized carbons (Fsp3) is 0.421. The van der Waals surface area contributed by atoms with E-state index < -0.39 is 6.04 Å². The third kappa shape index (κ3) is 4.27. The van der Waals surface area contributed by atoms with Crippen LogP contribution in [-0.2, 0) is 11.2 Å². The highest BCUT2D eigenvalue weighted by Gasteiger charge is 2.34.